The minimum Gasteiger partial charge on any atom is -0.378 e. The summed E-state index contributed by atoms with van der Waals surface area (Å²) in [5.74, 6) is -0.642. The predicted molar refractivity (Wildman–Crippen MR) is 78.3 cm³/mol. The first-order chi connectivity index (χ1) is 9.02. The molecule has 0 saturated heterocycles. The Morgan fingerprint density at radius 3 is 2.84 bits per heavy atom. The van der Waals surface area contributed by atoms with E-state index in [1.54, 1.807) is 12.3 Å². The number of halogens is 4. The van der Waals surface area contributed by atoms with Crippen molar-refractivity contribution in [1.82, 2.24) is 4.98 Å². The molecule has 0 aliphatic carbocycles. The van der Waals surface area contributed by atoms with Gasteiger partial charge in [-0.3, -0.25) is 0 Å². The van der Waals surface area contributed by atoms with E-state index in [2.05, 4.69) is 26.2 Å². The van der Waals surface area contributed by atoms with Gasteiger partial charge in [-0.1, -0.05) is 23.2 Å². The fraction of sp³-hybridized carbons (Fsp3) is 0.0909. The molecule has 1 N–H and O–H groups in total. The highest BCUT2D eigenvalue weighted by atomic mass is 79.9. The fourth-order valence-electron chi connectivity index (χ4n) is 1.41. The first-order valence-electron chi connectivity index (χ1n) is 4.94. The van der Waals surface area contributed by atoms with Gasteiger partial charge in [0, 0.05) is 11.1 Å². The Kier molecular flexibility index (Phi) is 4.63. The number of hydrogen-bond donors (Lipinski definition) is 1. The monoisotopic (exact) mass is 379 g/mol. The van der Waals surface area contributed by atoms with E-state index in [1.165, 1.54) is 17.4 Å². The van der Waals surface area contributed by atoms with Crippen molar-refractivity contribution in [2.24, 2.45) is 0 Å². The summed E-state index contributed by atoms with van der Waals surface area (Å²) in [6.45, 7) is 0.361. The molecule has 0 spiro atoms. The van der Waals surface area contributed by atoms with Gasteiger partial charge in [-0.2, -0.15) is 5.26 Å². The molecule has 0 fully saturated rings. The van der Waals surface area contributed by atoms with Crippen LogP contribution in [0.5, 0.6) is 0 Å². The summed E-state index contributed by atoms with van der Waals surface area (Å²) in [6.07, 6.45) is 1.61. The number of hydrogen-bond acceptors (Lipinski definition) is 4. The minimum absolute atomic E-state index is 0.130. The average Bonchev–Trinajstić information content (AvgIpc) is 2.78. The highest BCUT2D eigenvalue weighted by Crippen LogP contribution is 2.33. The minimum atomic E-state index is -0.642. The standard InChI is InChI=1S/C11H5BrCl2FN3S/c12-7-1-8(13)10(6(2-16)9(7)15)17-3-5-4-18-11(14)19-5/h1,4,17H,3H2. The van der Waals surface area contributed by atoms with Gasteiger partial charge in [-0.05, 0) is 22.0 Å². The largest absolute Gasteiger partial charge is 0.378 e. The van der Waals surface area contributed by atoms with Gasteiger partial charge in [0.1, 0.15) is 11.6 Å². The van der Waals surface area contributed by atoms with Crippen LogP contribution in [-0.4, -0.2) is 4.98 Å². The maximum absolute atomic E-state index is 13.8. The highest BCUT2D eigenvalue weighted by molar-refractivity contribution is 9.10. The van der Waals surface area contributed by atoms with Crippen molar-refractivity contribution in [1.29, 1.82) is 5.26 Å². The van der Waals surface area contributed by atoms with Crippen LogP contribution in [0.15, 0.2) is 16.7 Å². The third-order valence-corrected chi connectivity index (χ3v) is 4.24. The highest BCUT2D eigenvalue weighted by Gasteiger charge is 2.16. The fourth-order valence-corrected chi connectivity index (χ4v) is 3.16. The number of nitrogens with one attached hydrogen (secondary N) is 1. The molecule has 8 heteroatoms. The van der Waals surface area contributed by atoms with Crippen molar-refractivity contribution in [3.05, 3.63) is 42.5 Å². The average molecular weight is 381 g/mol. The third-order valence-electron chi connectivity index (χ3n) is 2.25. The summed E-state index contributed by atoms with van der Waals surface area (Å²) in [5, 5.41) is 12.2. The number of nitriles is 1. The molecule has 1 aromatic carbocycles. The molecule has 2 aromatic rings. The molecule has 1 aromatic heterocycles. The number of aromatic nitrogens is 1. The summed E-state index contributed by atoms with van der Waals surface area (Å²) >= 11 is 16.0. The summed E-state index contributed by atoms with van der Waals surface area (Å²) in [6, 6.07) is 3.20. The van der Waals surface area contributed by atoms with Gasteiger partial charge < -0.3 is 5.32 Å². The number of benzene rings is 1. The van der Waals surface area contributed by atoms with Crippen molar-refractivity contribution in [3.63, 3.8) is 0 Å². The zero-order chi connectivity index (χ0) is 14.0. The Hall–Kier alpha value is -0.870. The SMILES string of the molecule is N#Cc1c(F)c(Br)cc(Cl)c1NCc1cnc(Cl)s1. The van der Waals surface area contributed by atoms with Crippen molar-refractivity contribution < 1.29 is 4.39 Å². The summed E-state index contributed by atoms with van der Waals surface area (Å²) in [7, 11) is 0. The van der Waals surface area contributed by atoms with Gasteiger partial charge in [-0.25, -0.2) is 9.37 Å². The molecular weight excluding hydrogens is 376 g/mol. The Morgan fingerprint density at radius 2 is 2.26 bits per heavy atom. The molecule has 0 aliphatic heterocycles. The van der Waals surface area contributed by atoms with Crippen molar-refractivity contribution in [2.75, 3.05) is 5.32 Å². The molecule has 0 aliphatic rings. The second kappa shape index (κ2) is 6.06. The maximum atomic E-state index is 13.8. The topological polar surface area (TPSA) is 48.7 Å². The Bertz CT molecular complexity index is 669. The Morgan fingerprint density at radius 1 is 1.53 bits per heavy atom. The van der Waals surface area contributed by atoms with Gasteiger partial charge in [0.2, 0.25) is 0 Å². The van der Waals surface area contributed by atoms with Crippen LogP contribution in [-0.2, 0) is 6.54 Å². The molecular formula is C11H5BrCl2FN3S. The van der Waals surface area contributed by atoms with Crippen molar-refractivity contribution >= 4 is 56.2 Å². The van der Waals surface area contributed by atoms with Crippen LogP contribution in [0.4, 0.5) is 10.1 Å². The van der Waals surface area contributed by atoms with E-state index < -0.39 is 5.82 Å². The van der Waals surface area contributed by atoms with Crippen molar-refractivity contribution in [3.8, 4) is 6.07 Å². The zero-order valence-corrected chi connectivity index (χ0v) is 13.1. The van der Waals surface area contributed by atoms with Gasteiger partial charge in [-0.15, -0.1) is 11.3 Å². The predicted octanol–water partition coefficient (Wildman–Crippen LogP) is 4.84. The van der Waals surface area contributed by atoms with Crippen molar-refractivity contribution in [2.45, 2.75) is 6.54 Å². The number of thiazole rings is 1. The molecule has 0 atom stereocenters. The lowest BCUT2D eigenvalue weighted by Crippen LogP contribution is -2.03. The van der Waals surface area contributed by atoms with E-state index in [-0.39, 0.29) is 20.7 Å². The van der Waals surface area contributed by atoms with Crippen LogP contribution in [0.2, 0.25) is 9.49 Å². The van der Waals surface area contributed by atoms with Crippen LogP contribution >= 0.6 is 50.5 Å². The molecule has 98 valence electrons. The molecule has 0 bridgehead atoms. The van der Waals surface area contributed by atoms with Crippen LogP contribution < -0.4 is 5.32 Å². The smallest absolute Gasteiger partial charge is 0.183 e. The van der Waals surface area contributed by atoms with Gasteiger partial charge in [0.15, 0.2) is 10.3 Å². The lowest BCUT2D eigenvalue weighted by molar-refractivity contribution is 0.617. The molecule has 0 unspecified atom stereocenters. The van der Waals surface area contributed by atoms with Crippen LogP contribution in [0, 0.1) is 17.1 Å². The lowest BCUT2D eigenvalue weighted by atomic mass is 10.2. The van der Waals surface area contributed by atoms with Crippen LogP contribution in [0.3, 0.4) is 0 Å². The van der Waals surface area contributed by atoms with E-state index in [1.807, 2.05) is 0 Å². The number of rotatable bonds is 3. The number of nitrogens with zero attached hydrogens (tertiary/aromatic N) is 2. The Labute approximate surface area is 131 Å². The molecule has 0 radical (unpaired) electrons. The summed E-state index contributed by atoms with van der Waals surface area (Å²) in [5.41, 5.74) is 0.129. The zero-order valence-electron chi connectivity index (χ0n) is 9.18. The van der Waals surface area contributed by atoms with Crippen LogP contribution in [0.1, 0.15) is 10.4 Å². The summed E-state index contributed by atoms with van der Waals surface area (Å²) < 4.78 is 14.3. The molecule has 0 saturated carbocycles. The molecule has 0 amide bonds. The normalized spacial score (nSPS) is 10.3. The maximum Gasteiger partial charge on any atom is 0.183 e. The van der Waals surface area contributed by atoms with E-state index in [0.717, 1.165) is 4.88 Å². The second-order valence-electron chi connectivity index (χ2n) is 3.45. The quantitative estimate of drug-likeness (QED) is 0.775. The van der Waals surface area contributed by atoms with E-state index in [9.17, 15) is 4.39 Å². The van der Waals surface area contributed by atoms with Gasteiger partial charge >= 0.3 is 0 Å². The van der Waals surface area contributed by atoms with Crippen LogP contribution in [0.25, 0.3) is 0 Å². The lowest BCUT2D eigenvalue weighted by Gasteiger charge is -2.10. The van der Waals surface area contributed by atoms with E-state index in [0.29, 0.717) is 11.0 Å². The molecule has 1 heterocycles. The number of anilines is 1. The van der Waals surface area contributed by atoms with Gasteiger partial charge in [0.25, 0.3) is 0 Å². The molecule has 3 nitrogen and oxygen atoms in total. The molecule has 19 heavy (non-hydrogen) atoms. The molecule has 2 rings (SSSR count). The first-order valence-corrected chi connectivity index (χ1v) is 7.31. The van der Waals surface area contributed by atoms with Gasteiger partial charge in [0.05, 0.1) is 21.7 Å². The first kappa shape index (κ1) is 14.5. The second-order valence-corrected chi connectivity index (χ2v) is 6.41. The summed E-state index contributed by atoms with van der Waals surface area (Å²) in [4.78, 5) is 4.74. The Balaban J connectivity index is 2.30. The van der Waals surface area contributed by atoms with E-state index in [4.69, 9.17) is 28.5 Å². The third kappa shape index (κ3) is 3.18. The van der Waals surface area contributed by atoms with E-state index >= 15 is 0 Å².